The molecule has 0 fully saturated rings. The molecule has 3 aromatic rings. The fourth-order valence-corrected chi connectivity index (χ4v) is 3.64. The molecule has 0 unspecified atom stereocenters. The van der Waals surface area contributed by atoms with Crippen molar-refractivity contribution in [3.05, 3.63) is 75.3 Å². The highest BCUT2D eigenvalue weighted by atomic mass is 32.1. The standard InChI is InChI=1S/C21H20F2N6O3S/c1-13(33)24-10-15-11-28(26-25-15)16-8-18(22)21(19(23)9-16)14-4-6-27(7-5-14)12-17-2-3-20(32-17)29(30)31/h2-4,8-9,11H,5-7,10,12H2,1H3,(H,24,33). The number of nitro groups is 1. The molecule has 33 heavy (non-hydrogen) atoms. The maximum Gasteiger partial charge on any atom is 0.433 e. The van der Waals surface area contributed by atoms with Gasteiger partial charge >= 0.3 is 5.88 Å². The summed E-state index contributed by atoms with van der Waals surface area (Å²) in [6, 6.07) is 5.31. The molecule has 0 aliphatic carbocycles. The first-order valence-corrected chi connectivity index (χ1v) is 10.5. The van der Waals surface area contributed by atoms with Crippen LogP contribution in [0.25, 0.3) is 11.3 Å². The van der Waals surface area contributed by atoms with Gasteiger partial charge in [-0.2, -0.15) is 0 Å². The van der Waals surface area contributed by atoms with Crippen LogP contribution in [0.1, 0.15) is 30.4 Å². The molecule has 0 bridgehead atoms. The van der Waals surface area contributed by atoms with E-state index in [4.69, 9.17) is 16.6 Å². The van der Waals surface area contributed by atoms with Gasteiger partial charge in [0.05, 0.1) is 36.0 Å². The molecular formula is C21H20F2N6O3S. The van der Waals surface area contributed by atoms with E-state index in [1.54, 1.807) is 25.3 Å². The highest BCUT2D eigenvalue weighted by Crippen LogP contribution is 2.30. The minimum Gasteiger partial charge on any atom is -0.404 e. The Morgan fingerprint density at radius 1 is 1.33 bits per heavy atom. The molecule has 0 saturated carbocycles. The lowest BCUT2D eigenvalue weighted by Crippen LogP contribution is -2.28. The summed E-state index contributed by atoms with van der Waals surface area (Å²) in [6.07, 6.45) is 3.76. The molecular weight excluding hydrogens is 454 g/mol. The number of aromatic nitrogens is 3. The van der Waals surface area contributed by atoms with E-state index in [9.17, 15) is 18.9 Å². The van der Waals surface area contributed by atoms with Crippen LogP contribution in [0.2, 0.25) is 0 Å². The van der Waals surface area contributed by atoms with Crippen LogP contribution in [0.3, 0.4) is 0 Å². The number of benzene rings is 1. The van der Waals surface area contributed by atoms with Crippen molar-refractivity contribution >= 4 is 28.7 Å². The number of hydrogen-bond acceptors (Lipinski definition) is 7. The van der Waals surface area contributed by atoms with Crippen LogP contribution in [0.15, 0.2) is 41.0 Å². The van der Waals surface area contributed by atoms with Gasteiger partial charge in [0.1, 0.15) is 28.0 Å². The van der Waals surface area contributed by atoms with Crippen molar-refractivity contribution in [2.45, 2.75) is 26.4 Å². The Labute approximate surface area is 192 Å². The van der Waals surface area contributed by atoms with Gasteiger partial charge in [0.2, 0.25) is 0 Å². The van der Waals surface area contributed by atoms with Gasteiger partial charge in [-0.1, -0.05) is 23.5 Å². The summed E-state index contributed by atoms with van der Waals surface area (Å²) in [5.74, 6) is -1.22. The van der Waals surface area contributed by atoms with Gasteiger partial charge in [0, 0.05) is 30.8 Å². The highest BCUT2D eigenvalue weighted by Gasteiger charge is 2.22. The van der Waals surface area contributed by atoms with E-state index >= 15 is 0 Å². The summed E-state index contributed by atoms with van der Waals surface area (Å²) in [7, 11) is 0. The van der Waals surface area contributed by atoms with Crippen molar-refractivity contribution < 1.29 is 18.1 Å². The van der Waals surface area contributed by atoms with Crippen molar-refractivity contribution in [3.63, 3.8) is 0 Å². The van der Waals surface area contributed by atoms with Crippen LogP contribution in [0.4, 0.5) is 14.7 Å². The molecule has 4 rings (SSSR count). The van der Waals surface area contributed by atoms with Crippen molar-refractivity contribution in [1.29, 1.82) is 0 Å². The van der Waals surface area contributed by atoms with Crippen LogP contribution >= 0.6 is 12.2 Å². The van der Waals surface area contributed by atoms with Crippen LogP contribution in [-0.2, 0) is 13.1 Å². The van der Waals surface area contributed by atoms with Crippen LogP contribution < -0.4 is 5.32 Å². The molecule has 1 aliphatic heterocycles. The minimum absolute atomic E-state index is 0.0645. The number of thiocarbonyl (C=S) groups is 1. The number of furan rings is 1. The first kappa shape index (κ1) is 22.7. The second kappa shape index (κ2) is 9.55. The lowest BCUT2D eigenvalue weighted by molar-refractivity contribution is -0.402. The number of rotatable bonds is 7. The second-order valence-electron chi connectivity index (χ2n) is 7.56. The van der Waals surface area contributed by atoms with E-state index in [1.807, 2.05) is 4.90 Å². The molecule has 1 aliphatic rings. The fourth-order valence-electron chi connectivity index (χ4n) is 3.57. The Bertz CT molecular complexity index is 1220. The number of nitrogens with one attached hydrogen (secondary N) is 1. The van der Waals surface area contributed by atoms with E-state index in [-0.39, 0.29) is 17.1 Å². The molecule has 9 nitrogen and oxygen atoms in total. The average Bonchev–Trinajstić information content (AvgIpc) is 3.43. The molecule has 0 atom stereocenters. The van der Waals surface area contributed by atoms with Gasteiger partial charge in [0.15, 0.2) is 0 Å². The molecule has 0 amide bonds. The highest BCUT2D eigenvalue weighted by molar-refractivity contribution is 7.80. The Morgan fingerprint density at radius 3 is 2.70 bits per heavy atom. The lowest BCUT2D eigenvalue weighted by atomic mass is 9.98. The minimum atomic E-state index is -0.684. The SMILES string of the molecule is CC(=S)NCc1cn(-c2cc(F)c(C3=CCN(Cc4ccc([N+](=O)[O-])o4)CC3)c(F)c2)nn1. The third kappa shape index (κ3) is 5.29. The van der Waals surface area contributed by atoms with Gasteiger partial charge in [-0.15, -0.1) is 5.10 Å². The number of hydrogen-bond donors (Lipinski definition) is 1. The predicted molar refractivity (Wildman–Crippen MR) is 120 cm³/mol. The molecule has 2 aromatic heterocycles. The van der Waals surface area contributed by atoms with Crippen LogP contribution in [0.5, 0.6) is 0 Å². The van der Waals surface area contributed by atoms with Gasteiger partial charge < -0.3 is 9.73 Å². The van der Waals surface area contributed by atoms with Crippen molar-refractivity contribution in [2.24, 2.45) is 0 Å². The van der Waals surface area contributed by atoms with Crippen molar-refractivity contribution in [1.82, 2.24) is 25.2 Å². The molecule has 0 saturated heterocycles. The van der Waals surface area contributed by atoms with Crippen LogP contribution in [-0.4, -0.2) is 42.9 Å². The third-order valence-corrected chi connectivity index (χ3v) is 5.32. The Morgan fingerprint density at radius 2 is 2.09 bits per heavy atom. The fraction of sp³-hybridized carbons (Fsp3) is 0.286. The van der Waals surface area contributed by atoms with Gasteiger partial charge in [-0.25, -0.2) is 13.5 Å². The predicted octanol–water partition coefficient (Wildman–Crippen LogP) is 3.77. The summed E-state index contributed by atoms with van der Waals surface area (Å²) in [4.78, 5) is 12.7. The summed E-state index contributed by atoms with van der Waals surface area (Å²) < 4.78 is 36.3. The van der Waals surface area contributed by atoms with Gasteiger partial charge in [0.25, 0.3) is 0 Å². The van der Waals surface area contributed by atoms with Crippen molar-refractivity contribution in [3.8, 4) is 5.69 Å². The maximum absolute atomic E-state index is 14.9. The molecule has 1 N–H and O–H groups in total. The molecule has 3 heterocycles. The van der Waals surface area contributed by atoms with Gasteiger partial charge in [-0.05, 0) is 25.0 Å². The topological polar surface area (TPSA) is 102 Å². The Balaban J connectivity index is 1.46. The quantitative estimate of drug-likeness (QED) is 0.314. The molecule has 172 valence electrons. The molecule has 0 spiro atoms. The zero-order chi connectivity index (χ0) is 23.5. The first-order chi connectivity index (χ1) is 15.8. The summed E-state index contributed by atoms with van der Waals surface area (Å²) >= 11 is 4.95. The monoisotopic (exact) mass is 474 g/mol. The normalized spacial score (nSPS) is 14.2. The number of halogens is 2. The summed E-state index contributed by atoms with van der Waals surface area (Å²) in [5, 5.41) is 21.6. The molecule has 12 heteroatoms. The summed E-state index contributed by atoms with van der Waals surface area (Å²) in [5.41, 5.74) is 1.31. The molecule has 1 aromatic carbocycles. The third-order valence-electron chi connectivity index (χ3n) is 5.17. The van der Waals surface area contributed by atoms with Crippen molar-refractivity contribution in [2.75, 3.05) is 13.1 Å². The van der Waals surface area contributed by atoms with E-state index in [2.05, 4.69) is 15.6 Å². The van der Waals surface area contributed by atoms with E-state index in [0.29, 0.717) is 54.6 Å². The Hall–Kier alpha value is -3.51. The lowest BCUT2D eigenvalue weighted by Gasteiger charge is -2.25. The second-order valence-corrected chi connectivity index (χ2v) is 8.17. The molecule has 0 radical (unpaired) electrons. The van der Waals surface area contributed by atoms with Gasteiger partial charge in [-0.3, -0.25) is 15.0 Å². The first-order valence-electron chi connectivity index (χ1n) is 10.1. The largest absolute Gasteiger partial charge is 0.433 e. The van der Waals surface area contributed by atoms with E-state index in [1.165, 1.54) is 22.9 Å². The Kier molecular flexibility index (Phi) is 6.56. The maximum atomic E-state index is 14.9. The van der Waals surface area contributed by atoms with Crippen LogP contribution in [0, 0.1) is 21.7 Å². The smallest absolute Gasteiger partial charge is 0.404 e. The average molecular weight is 474 g/mol. The zero-order valence-electron chi connectivity index (χ0n) is 17.6. The zero-order valence-corrected chi connectivity index (χ0v) is 18.4. The van der Waals surface area contributed by atoms with E-state index in [0.717, 1.165) is 0 Å². The number of nitrogens with zero attached hydrogens (tertiary/aromatic N) is 5. The van der Waals surface area contributed by atoms with E-state index < -0.39 is 16.6 Å². The summed E-state index contributed by atoms with van der Waals surface area (Å²) in [6.45, 7) is 3.44.